The summed E-state index contributed by atoms with van der Waals surface area (Å²) in [6, 6.07) is 18.4. The largest absolute Gasteiger partial charge is 0.627 e. The summed E-state index contributed by atoms with van der Waals surface area (Å²) in [5, 5.41) is 24.6. The Bertz CT molecular complexity index is 1200. The molecule has 1 fully saturated rings. The molecule has 2 unspecified atom stereocenters. The molecule has 0 aromatic heterocycles. The topological polar surface area (TPSA) is 102 Å². The van der Waals surface area contributed by atoms with Crippen molar-refractivity contribution in [1.82, 2.24) is 9.55 Å². The maximum absolute atomic E-state index is 14.7. The Morgan fingerprint density at radius 1 is 1.12 bits per heavy atom. The lowest BCUT2D eigenvalue weighted by molar-refractivity contribution is -0.139. The number of morpholine rings is 1. The first-order chi connectivity index (χ1) is 15.5. The number of nitrogen functional groups attached to an aromatic ring is 1. The van der Waals surface area contributed by atoms with Crippen LogP contribution in [0.2, 0.25) is 0 Å². The van der Waals surface area contributed by atoms with Gasteiger partial charge in [0.1, 0.15) is 18.1 Å². The number of rotatable bonds is 4. The number of benzene rings is 3. The van der Waals surface area contributed by atoms with Crippen molar-refractivity contribution >= 4 is 28.2 Å². The average Bonchev–Trinajstić information content (AvgIpc) is 3.11. The van der Waals surface area contributed by atoms with Gasteiger partial charge in [-0.25, -0.2) is 0 Å². The van der Waals surface area contributed by atoms with Crippen molar-refractivity contribution in [2.75, 3.05) is 26.3 Å². The molecule has 2 aliphatic rings. The molecule has 3 N–H and O–H groups in total. The maximum Gasteiger partial charge on any atom is 0.282 e. The van der Waals surface area contributed by atoms with Crippen LogP contribution in [0.4, 0.5) is 5.69 Å². The van der Waals surface area contributed by atoms with Crippen LogP contribution in [-0.4, -0.2) is 49.0 Å². The lowest BCUT2D eigenvalue weighted by Gasteiger charge is -2.45. The lowest BCUT2D eigenvalue weighted by Crippen LogP contribution is -2.58. The summed E-state index contributed by atoms with van der Waals surface area (Å²) in [5.74, 6) is -0.225. The third-order valence-corrected chi connectivity index (χ3v) is 6.61. The van der Waals surface area contributed by atoms with Gasteiger partial charge in [0.2, 0.25) is 0 Å². The van der Waals surface area contributed by atoms with E-state index in [1.54, 1.807) is 17.0 Å². The normalized spacial score (nSPS) is 22.7. The van der Waals surface area contributed by atoms with Gasteiger partial charge in [-0.15, -0.1) is 0 Å². The summed E-state index contributed by atoms with van der Waals surface area (Å²) in [5.41, 5.74) is 8.49. The van der Waals surface area contributed by atoms with E-state index < -0.39 is 10.7 Å². The molecule has 2 heterocycles. The number of nitrogens with two attached hydrogens (primary N) is 1. The van der Waals surface area contributed by atoms with E-state index in [9.17, 15) is 10.0 Å². The molecular weight excluding hydrogens is 404 g/mol. The molecule has 0 saturated carbocycles. The molecule has 2 atom stereocenters. The van der Waals surface area contributed by atoms with E-state index in [-0.39, 0.29) is 18.3 Å². The van der Waals surface area contributed by atoms with Gasteiger partial charge < -0.3 is 25.2 Å². The molecule has 7 heteroatoms. The van der Waals surface area contributed by atoms with Gasteiger partial charge in [-0.2, -0.15) is 0 Å². The Kier molecular flexibility index (Phi) is 5.17. The van der Waals surface area contributed by atoms with Crippen molar-refractivity contribution in [3.05, 3.63) is 82.6 Å². The molecule has 32 heavy (non-hydrogen) atoms. The lowest BCUT2D eigenvalue weighted by atomic mass is 10.0. The second-order valence-electron chi connectivity index (χ2n) is 8.51. The number of fused-ring (bicyclic) bond motifs is 2. The van der Waals surface area contributed by atoms with Crippen molar-refractivity contribution < 1.29 is 9.53 Å². The third-order valence-electron chi connectivity index (χ3n) is 6.61. The summed E-state index contributed by atoms with van der Waals surface area (Å²) < 4.78 is 4.62. The second-order valence-corrected chi connectivity index (χ2v) is 8.51. The highest BCUT2D eigenvalue weighted by atomic mass is 16.6. The summed E-state index contributed by atoms with van der Waals surface area (Å²) in [7, 11) is 0. The van der Waals surface area contributed by atoms with Gasteiger partial charge in [0.05, 0.1) is 13.2 Å². The Hall–Kier alpha value is -3.26. The van der Waals surface area contributed by atoms with Gasteiger partial charge in [-0.3, -0.25) is 10.2 Å². The van der Waals surface area contributed by atoms with Crippen LogP contribution in [0, 0.1) is 10.6 Å². The van der Waals surface area contributed by atoms with E-state index in [4.69, 9.17) is 15.9 Å². The van der Waals surface area contributed by atoms with Crippen molar-refractivity contribution in [3.8, 4) is 0 Å². The molecular formula is C25H26N4O3. The summed E-state index contributed by atoms with van der Waals surface area (Å²) in [4.78, 5) is 15.3. The van der Waals surface area contributed by atoms with Crippen LogP contribution in [0.15, 0.2) is 60.7 Å². The van der Waals surface area contributed by atoms with Crippen LogP contribution in [0.3, 0.4) is 0 Å². The van der Waals surface area contributed by atoms with Crippen molar-refractivity contribution in [2.24, 2.45) is 5.73 Å². The number of nitrogens with one attached hydrogen (secondary N) is 1. The monoisotopic (exact) mass is 430 g/mol. The predicted octanol–water partition coefficient (Wildman–Crippen LogP) is 2.91. The zero-order valence-electron chi connectivity index (χ0n) is 17.8. The first-order valence-corrected chi connectivity index (χ1v) is 10.9. The molecule has 5 rings (SSSR count). The van der Waals surface area contributed by atoms with Gasteiger partial charge in [0.15, 0.2) is 6.04 Å². The average molecular weight is 431 g/mol. The van der Waals surface area contributed by atoms with Gasteiger partial charge in [0, 0.05) is 42.3 Å². The fraction of sp³-hybridized carbons (Fsp3) is 0.280. The third kappa shape index (κ3) is 3.44. The number of carbonyl (C=O) groups excluding carboxylic acids is 1. The van der Waals surface area contributed by atoms with Crippen molar-refractivity contribution in [1.29, 1.82) is 5.41 Å². The Labute approximate surface area is 186 Å². The predicted molar refractivity (Wildman–Crippen MR) is 125 cm³/mol. The molecule has 1 saturated heterocycles. The van der Waals surface area contributed by atoms with Crippen molar-refractivity contribution in [3.63, 3.8) is 0 Å². The molecule has 3 aromatic carbocycles. The van der Waals surface area contributed by atoms with Gasteiger partial charge in [0.25, 0.3) is 5.91 Å². The maximum atomic E-state index is 14.7. The first kappa shape index (κ1) is 20.6. The molecule has 0 radical (unpaired) electrons. The van der Waals surface area contributed by atoms with Crippen molar-refractivity contribution in [2.45, 2.75) is 19.0 Å². The van der Waals surface area contributed by atoms with Gasteiger partial charge in [-0.05, 0) is 10.8 Å². The van der Waals surface area contributed by atoms with Crippen LogP contribution in [-0.2, 0) is 22.5 Å². The summed E-state index contributed by atoms with van der Waals surface area (Å²) in [6.07, 6.45) is 0.373. The number of carbonyl (C=O) groups is 1. The summed E-state index contributed by atoms with van der Waals surface area (Å²) >= 11 is 0. The SMILES string of the molecule is N=C(N)c1ccc2c(c1)[N+]([O-])(Cc1cccc3ccccc13)C(C(=O)N1CCOCC1)C2. The molecule has 0 bridgehead atoms. The van der Waals surface area contributed by atoms with Crippen LogP contribution < -0.4 is 10.4 Å². The number of quaternary nitrogens is 1. The number of amidine groups is 1. The van der Waals surface area contributed by atoms with Crippen LogP contribution in [0.1, 0.15) is 16.7 Å². The fourth-order valence-corrected chi connectivity index (χ4v) is 4.92. The quantitative estimate of drug-likeness (QED) is 0.288. The minimum absolute atomic E-state index is 0.0903. The minimum atomic E-state index is -0.777. The molecule has 7 nitrogen and oxygen atoms in total. The molecule has 164 valence electrons. The zero-order valence-corrected chi connectivity index (χ0v) is 17.8. The minimum Gasteiger partial charge on any atom is -0.627 e. The van der Waals surface area contributed by atoms with E-state index in [0.717, 1.165) is 21.9 Å². The molecule has 2 aliphatic heterocycles. The fourth-order valence-electron chi connectivity index (χ4n) is 4.92. The van der Waals surface area contributed by atoms with E-state index in [1.807, 2.05) is 48.5 Å². The standard InChI is InChI=1S/C25H26N4O3/c26-24(27)19-9-8-18-14-23(25(30)28-10-12-32-13-11-28)29(31,22(18)15-19)16-20-6-3-5-17-4-1-2-7-21(17)20/h1-9,15,23H,10-14,16H2,(H3,26,27). The van der Waals surface area contributed by atoms with E-state index in [2.05, 4.69) is 0 Å². The highest BCUT2D eigenvalue weighted by Gasteiger charge is 2.47. The number of hydroxylamine groups is 2. The number of hydrogen-bond acceptors (Lipinski definition) is 4. The molecule has 1 amide bonds. The van der Waals surface area contributed by atoms with Gasteiger partial charge in [-0.1, -0.05) is 54.6 Å². The molecule has 0 aliphatic carbocycles. The Morgan fingerprint density at radius 3 is 2.66 bits per heavy atom. The highest BCUT2D eigenvalue weighted by molar-refractivity contribution is 5.97. The van der Waals surface area contributed by atoms with Crippen LogP contribution >= 0.6 is 0 Å². The molecule has 0 spiro atoms. The van der Waals surface area contributed by atoms with E-state index in [1.165, 1.54) is 0 Å². The Morgan fingerprint density at radius 2 is 1.88 bits per heavy atom. The number of amides is 1. The first-order valence-electron chi connectivity index (χ1n) is 10.9. The van der Waals surface area contributed by atoms with Crippen LogP contribution in [0.25, 0.3) is 10.8 Å². The van der Waals surface area contributed by atoms with Gasteiger partial charge >= 0.3 is 0 Å². The second kappa shape index (κ2) is 8.02. The number of nitrogens with zero attached hydrogens (tertiary/aromatic N) is 2. The summed E-state index contributed by atoms with van der Waals surface area (Å²) in [6.45, 7) is 2.11. The van der Waals surface area contributed by atoms with Crippen LogP contribution in [0.5, 0.6) is 0 Å². The Balaban J connectivity index is 1.61. The highest BCUT2D eigenvalue weighted by Crippen LogP contribution is 2.42. The van der Waals surface area contributed by atoms with E-state index >= 15 is 0 Å². The zero-order chi connectivity index (χ0) is 22.3. The number of ether oxygens (including phenoxy) is 1. The van der Waals surface area contributed by atoms with E-state index in [0.29, 0.717) is 44.0 Å². The number of hydrogen-bond donors (Lipinski definition) is 2. The smallest absolute Gasteiger partial charge is 0.282 e. The molecule has 3 aromatic rings.